The Bertz CT molecular complexity index is 1440. The Morgan fingerprint density at radius 1 is 1.18 bits per heavy atom. The molecule has 4 aromatic rings. The van der Waals surface area contributed by atoms with Crippen molar-refractivity contribution in [2.75, 3.05) is 5.32 Å². The quantitative estimate of drug-likeness (QED) is 0.421. The van der Waals surface area contributed by atoms with E-state index in [0.717, 1.165) is 12.8 Å². The van der Waals surface area contributed by atoms with Crippen molar-refractivity contribution >= 4 is 22.5 Å². The number of anilines is 1. The maximum absolute atomic E-state index is 14.6. The minimum atomic E-state index is -0.938. The van der Waals surface area contributed by atoms with Gasteiger partial charge in [-0.3, -0.25) is 9.59 Å². The SMILES string of the molecule is Cn1cc(-c2cccc(NC(=O)c3c(F)cc(C4CC4)cc3F)c2CO)c2cc[nH]c2c1=O. The third-order valence-electron chi connectivity index (χ3n) is 6.11. The Balaban J connectivity index is 1.56. The van der Waals surface area contributed by atoms with Gasteiger partial charge in [-0.2, -0.15) is 0 Å². The van der Waals surface area contributed by atoms with E-state index in [1.54, 1.807) is 43.7 Å². The lowest BCUT2D eigenvalue weighted by molar-refractivity contribution is 0.101. The number of H-pyrrole nitrogens is 1. The number of rotatable bonds is 5. The molecule has 2 heterocycles. The smallest absolute Gasteiger partial charge is 0.274 e. The van der Waals surface area contributed by atoms with Crippen molar-refractivity contribution in [3.63, 3.8) is 0 Å². The molecule has 6 nitrogen and oxygen atoms in total. The van der Waals surface area contributed by atoms with Gasteiger partial charge in [0, 0.05) is 41.6 Å². The number of nitrogens with zero attached hydrogens (tertiary/aromatic N) is 1. The summed E-state index contributed by atoms with van der Waals surface area (Å²) in [5.41, 5.74) is 1.95. The lowest BCUT2D eigenvalue weighted by atomic mass is 9.97. The van der Waals surface area contributed by atoms with Crippen LogP contribution in [0.1, 0.15) is 40.2 Å². The Hall–Kier alpha value is -3.78. The molecule has 33 heavy (non-hydrogen) atoms. The molecule has 0 unspecified atom stereocenters. The molecule has 0 bridgehead atoms. The van der Waals surface area contributed by atoms with Crippen LogP contribution >= 0.6 is 0 Å². The van der Waals surface area contributed by atoms with E-state index in [-0.39, 0.29) is 17.2 Å². The number of hydrogen-bond acceptors (Lipinski definition) is 3. The van der Waals surface area contributed by atoms with Crippen LogP contribution < -0.4 is 10.9 Å². The summed E-state index contributed by atoms with van der Waals surface area (Å²) in [6, 6.07) is 9.15. The fourth-order valence-corrected chi connectivity index (χ4v) is 4.26. The van der Waals surface area contributed by atoms with Crippen molar-refractivity contribution in [2.24, 2.45) is 7.05 Å². The Morgan fingerprint density at radius 2 is 1.91 bits per heavy atom. The van der Waals surface area contributed by atoms with Gasteiger partial charge in [-0.25, -0.2) is 8.78 Å². The van der Waals surface area contributed by atoms with Crippen molar-refractivity contribution < 1.29 is 18.7 Å². The summed E-state index contributed by atoms with van der Waals surface area (Å²) in [4.78, 5) is 28.1. The van der Waals surface area contributed by atoms with E-state index in [1.807, 2.05) is 0 Å². The number of carbonyl (C=O) groups excluding carboxylic acids is 1. The highest BCUT2D eigenvalue weighted by molar-refractivity contribution is 6.06. The molecule has 2 aromatic carbocycles. The lowest BCUT2D eigenvalue weighted by Gasteiger charge is -2.16. The molecule has 1 amide bonds. The van der Waals surface area contributed by atoms with Crippen LogP contribution in [0.3, 0.4) is 0 Å². The summed E-state index contributed by atoms with van der Waals surface area (Å²) in [5, 5.41) is 13.3. The van der Waals surface area contributed by atoms with E-state index in [2.05, 4.69) is 10.3 Å². The monoisotopic (exact) mass is 449 g/mol. The van der Waals surface area contributed by atoms with Gasteiger partial charge in [0.25, 0.3) is 11.5 Å². The first kappa shape index (κ1) is 21.1. The van der Waals surface area contributed by atoms with Crippen LogP contribution in [0.5, 0.6) is 0 Å². The molecule has 1 saturated carbocycles. The molecule has 0 radical (unpaired) electrons. The average Bonchev–Trinajstić information content (AvgIpc) is 3.52. The molecule has 5 rings (SSSR count). The number of pyridine rings is 1. The number of aliphatic hydroxyl groups excluding tert-OH is 1. The lowest BCUT2D eigenvalue weighted by Crippen LogP contribution is -2.18. The molecule has 1 fully saturated rings. The van der Waals surface area contributed by atoms with Crippen LogP contribution in [-0.4, -0.2) is 20.6 Å². The van der Waals surface area contributed by atoms with Crippen molar-refractivity contribution in [3.05, 3.63) is 87.5 Å². The number of halogens is 2. The molecule has 0 aliphatic heterocycles. The highest BCUT2D eigenvalue weighted by atomic mass is 19.1. The zero-order chi connectivity index (χ0) is 23.3. The Kier molecular flexibility index (Phi) is 5.09. The number of benzene rings is 2. The number of aryl methyl sites for hydroxylation is 1. The van der Waals surface area contributed by atoms with E-state index >= 15 is 0 Å². The largest absolute Gasteiger partial charge is 0.392 e. The van der Waals surface area contributed by atoms with Gasteiger partial charge in [0.1, 0.15) is 22.7 Å². The third-order valence-corrected chi connectivity index (χ3v) is 6.11. The number of aromatic amines is 1. The van der Waals surface area contributed by atoms with Gasteiger partial charge in [0.05, 0.1) is 6.61 Å². The van der Waals surface area contributed by atoms with E-state index in [9.17, 15) is 23.5 Å². The van der Waals surface area contributed by atoms with Gasteiger partial charge in [0.2, 0.25) is 0 Å². The first-order valence-corrected chi connectivity index (χ1v) is 10.6. The second-order valence-corrected chi connectivity index (χ2v) is 8.30. The first-order chi connectivity index (χ1) is 15.9. The van der Waals surface area contributed by atoms with Crippen molar-refractivity contribution in [1.29, 1.82) is 0 Å². The molecule has 3 N–H and O–H groups in total. The van der Waals surface area contributed by atoms with Crippen molar-refractivity contribution in [2.45, 2.75) is 25.4 Å². The van der Waals surface area contributed by atoms with Gasteiger partial charge in [-0.15, -0.1) is 0 Å². The minimum absolute atomic E-state index is 0.149. The van der Waals surface area contributed by atoms with Crippen LogP contribution in [0, 0.1) is 11.6 Å². The molecular weight excluding hydrogens is 428 g/mol. The first-order valence-electron chi connectivity index (χ1n) is 10.6. The third kappa shape index (κ3) is 3.62. The normalized spacial score (nSPS) is 13.5. The van der Waals surface area contributed by atoms with Crippen LogP contribution in [-0.2, 0) is 13.7 Å². The fraction of sp³-hybridized carbons (Fsp3) is 0.200. The standard InChI is InChI=1S/C25H21F2N3O3/c1-30-11-17(16-7-8-28-23(16)25(30)33)15-3-2-4-21(18(15)12-31)29-24(32)22-19(26)9-14(10-20(22)27)13-5-6-13/h2-4,7-11,13,28,31H,5-6,12H2,1H3,(H,29,32). The van der Waals surface area contributed by atoms with Gasteiger partial charge in [0.15, 0.2) is 0 Å². The predicted octanol–water partition coefficient (Wildman–Crippen LogP) is 4.43. The summed E-state index contributed by atoms with van der Waals surface area (Å²) in [6.45, 7) is -0.438. The van der Waals surface area contributed by atoms with E-state index in [0.29, 0.717) is 33.2 Å². The van der Waals surface area contributed by atoms with Gasteiger partial charge in [-0.1, -0.05) is 12.1 Å². The molecule has 1 aliphatic rings. The molecule has 8 heteroatoms. The maximum atomic E-state index is 14.6. The number of amides is 1. The van der Waals surface area contributed by atoms with Gasteiger partial charge < -0.3 is 20.0 Å². The maximum Gasteiger partial charge on any atom is 0.274 e. The number of carbonyl (C=O) groups is 1. The second kappa shape index (κ2) is 7.97. The molecule has 0 saturated heterocycles. The average molecular weight is 449 g/mol. The van der Waals surface area contributed by atoms with Gasteiger partial charge >= 0.3 is 0 Å². The zero-order valence-electron chi connectivity index (χ0n) is 17.8. The molecule has 2 aromatic heterocycles. The number of fused-ring (bicyclic) bond motifs is 1. The Morgan fingerprint density at radius 3 is 2.58 bits per heavy atom. The molecule has 168 valence electrons. The van der Waals surface area contributed by atoms with E-state index < -0.39 is 29.7 Å². The fourth-order valence-electron chi connectivity index (χ4n) is 4.26. The predicted molar refractivity (Wildman–Crippen MR) is 121 cm³/mol. The van der Waals surface area contributed by atoms with Gasteiger partial charge in [-0.05, 0) is 54.2 Å². The summed E-state index contributed by atoms with van der Waals surface area (Å²) >= 11 is 0. The molecule has 0 spiro atoms. The number of aromatic nitrogens is 2. The minimum Gasteiger partial charge on any atom is -0.392 e. The number of hydrogen-bond donors (Lipinski definition) is 3. The van der Waals surface area contributed by atoms with Crippen LogP contribution in [0.4, 0.5) is 14.5 Å². The van der Waals surface area contributed by atoms with Crippen LogP contribution in [0.15, 0.2) is 53.6 Å². The van der Waals surface area contributed by atoms with Crippen LogP contribution in [0.25, 0.3) is 22.0 Å². The summed E-state index contributed by atoms with van der Waals surface area (Å²) in [7, 11) is 1.62. The van der Waals surface area contributed by atoms with E-state index in [1.165, 1.54) is 16.7 Å². The second-order valence-electron chi connectivity index (χ2n) is 8.30. The van der Waals surface area contributed by atoms with Crippen molar-refractivity contribution in [1.82, 2.24) is 9.55 Å². The highest BCUT2D eigenvalue weighted by Gasteiger charge is 2.28. The topological polar surface area (TPSA) is 87.1 Å². The summed E-state index contributed by atoms with van der Waals surface area (Å²) in [6.07, 6.45) is 5.07. The highest BCUT2D eigenvalue weighted by Crippen LogP contribution is 2.41. The molecular formula is C25H21F2N3O3. The molecule has 1 aliphatic carbocycles. The number of aliphatic hydroxyl groups is 1. The molecule has 0 atom stereocenters. The summed E-state index contributed by atoms with van der Waals surface area (Å²) in [5.74, 6) is -2.62. The Labute approximate surface area is 187 Å². The van der Waals surface area contributed by atoms with E-state index in [4.69, 9.17) is 0 Å². The zero-order valence-corrected chi connectivity index (χ0v) is 17.8. The summed E-state index contributed by atoms with van der Waals surface area (Å²) < 4.78 is 30.7. The van der Waals surface area contributed by atoms with Crippen molar-refractivity contribution in [3.8, 4) is 11.1 Å². The number of nitrogens with one attached hydrogen (secondary N) is 2. The van der Waals surface area contributed by atoms with Crippen LogP contribution in [0.2, 0.25) is 0 Å².